The van der Waals surface area contributed by atoms with Crippen molar-refractivity contribution in [1.82, 2.24) is 0 Å². The molecule has 0 aliphatic heterocycles. The van der Waals surface area contributed by atoms with E-state index in [9.17, 15) is 14.9 Å². The van der Waals surface area contributed by atoms with Gasteiger partial charge in [0.15, 0.2) is 5.78 Å². The van der Waals surface area contributed by atoms with Gasteiger partial charge in [0.2, 0.25) is 0 Å². The number of nitro groups is 1. The Labute approximate surface area is 129 Å². The number of non-ortho nitro benzene ring substituents is 1. The third-order valence-electron chi connectivity index (χ3n) is 3.00. The summed E-state index contributed by atoms with van der Waals surface area (Å²) in [5.74, 6) is -0.240. The van der Waals surface area contributed by atoms with Gasteiger partial charge in [0.25, 0.3) is 5.69 Å². The molecule has 5 nitrogen and oxygen atoms in total. The highest BCUT2D eigenvalue weighted by Crippen LogP contribution is 2.27. The van der Waals surface area contributed by atoms with Gasteiger partial charge in [-0.15, -0.1) is 0 Å². The Balaban J connectivity index is 2.52. The summed E-state index contributed by atoms with van der Waals surface area (Å²) in [6.07, 6.45) is 0. The van der Waals surface area contributed by atoms with E-state index in [-0.39, 0.29) is 17.0 Å². The predicted octanol–water partition coefficient (Wildman–Crippen LogP) is 4.04. The van der Waals surface area contributed by atoms with Crippen LogP contribution in [0.15, 0.2) is 48.5 Å². The molecule has 0 aliphatic rings. The average Bonchev–Trinajstić information content (AvgIpc) is 2.46. The Morgan fingerprint density at radius 1 is 1.09 bits per heavy atom. The maximum atomic E-state index is 12.7. The molecule has 0 atom stereocenters. The van der Waals surface area contributed by atoms with Crippen molar-refractivity contribution in [3.8, 4) is 0 Å². The van der Waals surface area contributed by atoms with Crippen LogP contribution in [-0.4, -0.2) is 16.2 Å². The first-order chi connectivity index (χ1) is 10.3. The number of rotatable bonds is 4. The molecular formula is C17H18N2O3. The minimum atomic E-state index is -0.497. The van der Waals surface area contributed by atoms with Crippen LogP contribution in [0, 0.1) is 10.1 Å². The van der Waals surface area contributed by atoms with Crippen LogP contribution in [0.3, 0.4) is 0 Å². The summed E-state index contributed by atoms with van der Waals surface area (Å²) in [4.78, 5) is 23.2. The first-order valence-electron chi connectivity index (χ1n) is 6.94. The van der Waals surface area contributed by atoms with E-state index in [1.165, 1.54) is 12.1 Å². The van der Waals surface area contributed by atoms with E-state index in [0.29, 0.717) is 16.8 Å². The Hall–Kier alpha value is -2.69. The minimum Gasteiger partial charge on any atom is -0.380 e. The van der Waals surface area contributed by atoms with Crippen molar-refractivity contribution in [2.45, 2.75) is 26.3 Å². The highest BCUT2D eigenvalue weighted by molar-refractivity contribution is 6.12. The van der Waals surface area contributed by atoms with Crippen LogP contribution in [0.1, 0.15) is 36.7 Å². The van der Waals surface area contributed by atoms with E-state index < -0.39 is 4.92 Å². The zero-order chi connectivity index (χ0) is 16.3. The molecule has 0 fully saturated rings. The van der Waals surface area contributed by atoms with E-state index in [2.05, 4.69) is 5.32 Å². The molecule has 0 radical (unpaired) electrons. The Bertz CT molecular complexity index is 704. The lowest BCUT2D eigenvalue weighted by Gasteiger charge is -2.23. The number of ketones is 1. The lowest BCUT2D eigenvalue weighted by molar-refractivity contribution is -0.384. The normalized spacial score (nSPS) is 11.0. The maximum Gasteiger partial charge on any atom is 0.270 e. The van der Waals surface area contributed by atoms with Gasteiger partial charge in [-0.25, -0.2) is 0 Å². The van der Waals surface area contributed by atoms with Gasteiger partial charge in [0, 0.05) is 28.9 Å². The summed E-state index contributed by atoms with van der Waals surface area (Å²) in [7, 11) is 0. The summed E-state index contributed by atoms with van der Waals surface area (Å²) in [6.45, 7) is 5.89. The van der Waals surface area contributed by atoms with E-state index in [4.69, 9.17) is 0 Å². The molecule has 0 saturated carbocycles. The lowest BCUT2D eigenvalue weighted by atomic mass is 9.99. The highest BCUT2D eigenvalue weighted by atomic mass is 16.6. The molecule has 2 rings (SSSR count). The van der Waals surface area contributed by atoms with Crippen molar-refractivity contribution in [1.29, 1.82) is 0 Å². The van der Waals surface area contributed by atoms with Crippen molar-refractivity contribution in [2.24, 2.45) is 0 Å². The molecule has 114 valence electrons. The number of nitrogens with one attached hydrogen (secondary N) is 1. The SMILES string of the molecule is CC(C)(C)Nc1ccc([N+](=O)[O-])cc1C(=O)c1ccccc1. The molecule has 0 saturated heterocycles. The molecule has 1 N–H and O–H groups in total. The van der Waals surface area contributed by atoms with E-state index in [0.717, 1.165) is 0 Å². The molecule has 0 amide bonds. The number of hydrogen-bond acceptors (Lipinski definition) is 4. The molecule has 0 heterocycles. The number of carbonyl (C=O) groups excluding carboxylic acids is 1. The van der Waals surface area contributed by atoms with Gasteiger partial charge < -0.3 is 5.32 Å². The molecule has 0 aromatic heterocycles. The van der Waals surface area contributed by atoms with Gasteiger partial charge in [-0.2, -0.15) is 0 Å². The Morgan fingerprint density at radius 3 is 2.27 bits per heavy atom. The van der Waals surface area contributed by atoms with Crippen LogP contribution in [0.2, 0.25) is 0 Å². The Morgan fingerprint density at radius 2 is 1.73 bits per heavy atom. The quantitative estimate of drug-likeness (QED) is 0.525. The van der Waals surface area contributed by atoms with Crippen LogP contribution in [-0.2, 0) is 0 Å². The molecule has 2 aromatic rings. The van der Waals surface area contributed by atoms with Gasteiger partial charge in [0.1, 0.15) is 0 Å². The smallest absolute Gasteiger partial charge is 0.270 e. The summed E-state index contributed by atoms with van der Waals surface area (Å²) < 4.78 is 0. The topological polar surface area (TPSA) is 72.2 Å². The van der Waals surface area contributed by atoms with Crippen LogP contribution in [0.25, 0.3) is 0 Å². The monoisotopic (exact) mass is 298 g/mol. The number of anilines is 1. The van der Waals surface area contributed by atoms with Crippen molar-refractivity contribution in [3.05, 3.63) is 69.8 Å². The van der Waals surface area contributed by atoms with Crippen molar-refractivity contribution in [2.75, 3.05) is 5.32 Å². The van der Waals surface area contributed by atoms with Gasteiger partial charge >= 0.3 is 0 Å². The first-order valence-corrected chi connectivity index (χ1v) is 6.94. The van der Waals surface area contributed by atoms with Crippen molar-refractivity contribution >= 4 is 17.2 Å². The predicted molar refractivity (Wildman–Crippen MR) is 86.3 cm³/mol. The number of carbonyl (C=O) groups is 1. The Kier molecular flexibility index (Phi) is 4.26. The first kappa shape index (κ1) is 15.7. The van der Waals surface area contributed by atoms with Crippen LogP contribution >= 0.6 is 0 Å². The summed E-state index contributed by atoms with van der Waals surface area (Å²) in [5, 5.41) is 14.2. The second kappa shape index (κ2) is 5.97. The summed E-state index contributed by atoms with van der Waals surface area (Å²) >= 11 is 0. The van der Waals surface area contributed by atoms with Crippen LogP contribution in [0.5, 0.6) is 0 Å². The van der Waals surface area contributed by atoms with E-state index >= 15 is 0 Å². The third-order valence-corrected chi connectivity index (χ3v) is 3.00. The zero-order valence-electron chi connectivity index (χ0n) is 12.8. The fourth-order valence-corrected chi connectivity index (χ4v) is 2.09. The highest BCUT2D eigenvalue weighted by Gasteiger charge is 2.20. The van der Waals surface area contributed by atoms with Crippen LogP contribution in [0.4, 0.5) is 11.4 Å². The average molecular weight is 298 g/mol. The van der Waals surface area contributed by atoms with Gasteiger partial charge in [-0.05, 0) is 26.8 Å². The molecule has 0 bridgehead atoms. The van der Waals surface area contributed by atoms with E-state index in [1.54, 1.807) is 30.3 Å². The fourth-order valence-electron chi connectivity index (χ4n) is 2.09. The molecule has 2 aromatic carbocycles. The molecule has 5 heteroatoms. The number of nitro benzene ring substituents is 1. The largest absolute Gasteiger partial charge is 0.380 e. The van der Waals surface area contributed by atoms with Crippen LogP contribution < -0.4 is 5.32 Å². The number of hydrogen-bond donors (Lipinski definition) is 1. The number of nitrogens with zero attached hydrogens (tertiary/aromatic N) is 1. The number of benzene rings is 2. The molecule has 0 spiro atoms. The minimum absolute atomic E-state index is 0.0984. The molecule has 0 unspecified atom stereocenters. The van der Waals surface area contributed by atoms with Gasteiger partial charge in [0.05, 0.1) is 10.5 Å². The van der Waals surface area contributed by atoms with Crippen molar-refractivity contribution in [3.63, 3.8) is 0 Å². The summed E-state index contributed by atoms with van der Waals surface area (Å²) in [6, 6.07) is 13.0. The molecule has 0 aliphatic carbocycles. The van der Waals surface area contributed by atoms with E-state index in [1.807, 2.05) is 26.8 Å². The summed E-state index contributed by atoms with van der Waals surface area (Å²) in [5.41, 5.74) is 1.03. The fraction of sp³-hybridized carbons (Fsp3) is 0.235. The lowest BCUT2D eigenvalue weighted by Crippen LogP contribution is -2.27. The molecular weight excluding hydrogens is 280 g/mol. The zero-order valence-corrected chi connectivity index (χ0v) is 12.8. The second-order valence-electron chi connectivity index (χ2n) is 6.06. The van der Waals surface area contributed by atoms with Crippen molar-refractivity contribution < 1.29 is 9.72 Å². The molecule has 22 heavy (non-hydrogen) atoms. The second-order valence-corrected chi connectivity index (χ2v) is 6.06. The standard InChI is InChI=1S/C17H18N2O3/c1-17(2,3)18-15-10-9-13(19(21)22)11-14(15)16(20)12-7-5-4-6-8-12/h4-11,18H,1-3H3. The van der Waals surface area contributed by atoms with Gasteiger partial charge in [-0.1, -0.05) is 30.3 Å². The van der Waals surface area contributed by atoms with Gasteiger partial charge in [-0.3, -0.25) is 14.9 Å². The maximum absolute atomic E-state index is 12.7. The third kappa shape index (κ3) is 3.69.